The van der Waals surface area contributed by atoms with E-state index in [-0.39, 0.29) is 11.9 Å². The number of nitrogens with zero attached hydrogens (tertiary/aromatic N) is 5. The summed E-state index contributed by atoms with van der Waals surface area (Å²) in [7, 11) is 1.62. The lowest BCUT2D eigenvalue weighted by Crippen LogP contribution is -2.18. The maximum atomic E-state index is 12.1. The van der Waals surface area contributed by atoms with Crippen LogP contribution < -0.4 is 16.4 Å². The van der Waals surface area contributed by atoms with Gasteiger partial charge in [0.25, 0.3) is 5.91 Å². The summed E-state index contributed by atoms with van der Waals surface area (Å²) in [5.74, 6) is 0.781. The van der Waals surface area contributed by atoms with E-state index in [1.807, 2.05) is 24.3 Å². The highest BCUT2D eigenvalue weighted by Gasteiger charge is 2.11. The number of fused-ring (bicyclic) bond motifs is 1. The Hall–Kier alpha value is -4.14. The Bertz CT molecular complexity index is 1190. The van der Waals surface area contributed by atoms with Crippen molar-refractivity contribution in [1.82, 2.24) is 30.2 Å². The molecular weight excluding hydrogens is 380 g/mol. The van der Waals surface area contributed by atoms with Crippen molar-refractivity contribution in [3.05, 3.63) is 66.4 Å². The molecule has 0 aliphatic rings. The number of pyridine rings is 1. The van der Waals surface area contributed by atoms with Crippen molar-refractivity contribution in [1.29, 1.82) is 0 Å². The Morgan fingerprint density at radius 2 is 1.90 bits per heavy atom. The molecule has 1 aromatic carbocycles. The number of rotatable bonds is 6. The summed E-state index contributed by atoms with van der Waals surface area (Å²) in [6.07, 6.45) is 7.12. The van der Waals surface area contributed by atoms with Gasteiger partial charge in [0.1, 0.15) is 12.1 Å². The zero-order valence-corrected chi connectivity index (χ0v) is 16.3. The van der Waals surface area contributed by atoms with Crippen molar-refractivity contribution >= 4 is 28.6 Å². The van der Waals surface area contributed by atoms with Crippen molar-refractivity contribution in [2.75, 3.05) is 24.6 Å². The van der Waals surface area contributed by atoms with Gasteiger partial charge in [-0.2, -0.15) is 0 Å². The van der Waals surface area contributed by atoms with Crippen LogP contribution in [-0.2, 0) is 6.42 Å². The highest BCUT2D eigenvalue weighted by Crippen LogP contribution is 2.21. The fraction of sp³-hybridized carbons (Fsp3) is 0.143. The summed E-state index contributed by atoms with van der Waals surface area (Å²) in [6.45, 7) is 0.639. The number of amides is 1. The maximum Gasteiger partial charge on any atom is 0.251 e. The molecule has 0 unspecified atom stereocenters. The van der Waals surface area contributed by atoms with E-state index in [9.17, 15) is 4.79 Å². The van der Waals surface area contributed by atoms with Crippen LogP contribution in [0.3, 0.4) is 0 Å². The summed E-state index contributed by atoms with van der Waals surface area (Å²) in [6, 6.07) is 9.43. The first-order valence-corrected chi connectivity index (χ1v) is 9.38. The summed E-state index contributed by atoms with van der Waals surface area (Å²) in [5.41, 5.74) is 9.48. The molecule has 0 saturated carbocycles. The van der Waals surface area contributed by atoms with Crippen LogP contribution in [0.4, 0.5) is 11.8 Å². The molecule has 4 rings (SSSR count). The van der Waals surface area contributed by atoms with Gasteiger partial charge in [-0.15, -0.1) is 0 Å². The number of hydrogen-bond acceptors (Lipinski definition) is 8. The molecule has 0 saturated heterocycles. The molecule has 3 aromatic heterocycles. The maximum absolute atomic E-state index is 12.1. The average molecular weight is 400 g/mol. The molecule has 0 atom stereocenters. The Kier molecular flexibility index (Phi) is 5.42. The smallest absolute Gasteiger partial charge is 0.251 e. The monoisotopic (exact) mass is 400 g/mol. The number of aromatic nitrogens is 5. The second kappa shape index (κ2) is 8.48. The number of nitrogens with one attached hydrogen (secondary N) is 2. The zero-order valence-electron chi connectivity index (χ0n) is 16.3. The van der Waals surface area contributed by atoms with Gasteiger partial charge in [-0.3, -0.25) is 9.78 Å². The minimum atomic E-state index is -0.127. The van der Waals surface area contributed by atoms with Crippen LogP contribution in [0.15, 0.2) is 55.2 Å². The lowest BCUT2D eigenvalue weighted by Gasteiger charge is -2.10. The largest absolute Gasteiger partial charge is 0.370 e. The first-order valence-electron chi connectivity index (χ1n) is 9.38. The number of nitrogen functional groups attached to an aromatic ring is 1. The minimum Gasteiger partial charge on any atom is -0.370 e. The van der Waals surface area contributed by atoms with E-state index in [2.05, 4.69) is 35.6 Å². The van der Waals surface area contributed by atoms with Gasteiger partial charge in [0.15, 0.2) is 0 Å². The Morgan fingerprint density at radius 3 is 2.70 bits per heavy atom. The first kappa shape index (κ1) is 19.2. The van der Waals surface area contributed by atoms with Crippen LogP contribution in [0, 0.1) is 0 Å². The fourth-order valence-electron chi connectivity index (χ4n) is 3.18. The van der Waals surface area contributed by atoms with Gasteiger partial charge < -0.3 is 16.4 Å². The van der Waals surface area contributed by atoms with Crippen molar-refractivity contribution in [3.8, 4) is 11.3 Å². The predicted octanol–water partition coefficient (Wildman–Crippen LogP) is 2.08. The third kappa shape index (κ3) is 4.00. The third-order valence-corrected chi connectivity index (χ3v) is 4.66. The van der Waals surface area contributed by atoms with E-state index >= 15 is 0 Å². The zero-order chi connectivity index (χ0) is 20.9. The summed E-state index contributed by atoms with van der Waals surface area (Å²) >= 11 is 0. The number of nitrogens with two attached hydrogens (primary N) is 1. The molecule has 0 radical (unpaired) electrons. The molecule has 1 amide bonds. The van der Waals surface area contributed by atoms with Crippen molar-refractivity contribution in [3.63, 3.8) is 0 Å². The summed E-state index contributed by atoms with van der Waals surface area (Å²) in [5, 5.41) is 6.81. The molecule has 150 valence electrons. The van der Waals surface area contributed by atoms with Crippen LogP contribution >= 0.6 is 0 Å². The minimum absolute atomic E-state index is 0.127. The lowest BCUT2D eigenvalue weighted by atomic mass is 10.0. The van der Waals surface area contributed by atoms with Crippen LogP contribution in [0.1, 0.15) is 15.9 Å². The Balaban J connectivity index is 1.50. The number of benzene rings is 1. The highest BCUT2D eigenvalue weighted by atomic mass is 16.1. The molecule has 0 spiro atoms. The summed E-state index contributed by atoms with van der Waals surface area (Å²) in [4.78, 5) is 33.1. The van der Waals surface area contributed by atoms with Gasteiger partial charge >= 0.3 is 0 Å². The topological polar surface area (TPSA) is 132 Å². The third-order valence-electron chi connectivity index (χ3n) is 4.66. The molecule has 0 fully saturated rings. The van der Waals surface area contributed by atoms with Crippen molar-refractivity contribution in [2.24, 2.45) is 0 Å². The van der Waals surface area contributed by atoms with Gasteiger partial charge in [0.2, 0.25) is 5.95 Å². The number of carbonyl (C=O) groups is 1. The number of carbonyl (C=O) groups excluding carboxylic acids is 1. The van der Waals surface area contributed by atoms with Crippen molar-refractivity contribution < 1.29 is 4.79 Å². The van der Waals surface area contributed by atoms with Crippen LogP contribution in [0.25, 0.3) is 22.2 Å². The standard InChI is InChI=1S/C21H20N8O/c1-23-20(30)16-6-8-25-19-13(3-2-4-15(16)19)5-7-24-18-9-17(28-12-29-18)14-10-26-21(22)27-11-14/h2-4,6,8-12H,5,7H2,1H3,(H,23,30)(H2,22,26,27)(H,24,28,29). The average Bonchev–Trinajstić information content (AvgIpc) is 2.79. The SMILES string of the molecule is CNC(=O)c1ccnc2c(CCNc3cc(-c4cnc(N)nc4)ncn3)cccc12. The molecular formula is C21H20N8O. The Morgan fingerprint density at radius 1 is 1.07 bits per heavy atom. The van der Waals surface area contributed by atoms with Crippen LogP contribution in [0.5, 0.6) is 0 Å². The van der Waals surface area contributed by atoms with E-state index in [0.29, 0.717) is 30.0 Å². The quantitative estimate of drug-likeness (QED) is 0.448. The molecule has 3 heterocycles. The molecule has 4 N–H and O–H groups in total. The molecule has 0 aliphatic carbocycles. The molecule has 4 aromatic rings. The second-order valence-corrected chi connectivity index (χ2v) is 6.55. The van der Waals surface area contributed by atoms with Crippen molar-refractivity contribution in [2.45, 2.75) is 6.42 Å². The first-order chi connectivity index (χ1) is 14.7. The fourth-order valence-corrected chi connectivity index (χ4v) is 3.18. The van der Waals surface area contributed by atoms with Crippen LogP contribution in [-0.4, -0.2) is 44.4 Å². The Labute approximate surface area is 172 Å². The number of para-hydroxylation sites is 1. The molecule has 9 nitrogen and oxygen atoms in total. The van der Waals surface area contributed by atoms with E-state index < -0.39 is 0 Å². The van der Waals surface area contributed by atoms with Gasteiger partial charge in [-0.05, 0) is 18.1 Å². The van der Waals surface area contributed by atoms with E-state index in [0.717, 1.165) is 22.0 Å². The molecule has 0 bridgehead atoms. The molecule has 30 heavy (non-hydrogen) atoms. The van der Waals surface area contributed by atoms with E-state index in [4.69, 9.17) is 5.73 Å². The van der Waals surface area contributed by atoms with E-state index in [1.54, 1.807) is 31.7 Å². The van der Waals surface area contributed by atoms with Crippen LogP contribution in [0.2, 0.25) is 0 Å². The lowest BCUT2D eigenvalue weighted by molar-refractivity contribution is 0.0964. The summed E-state index contributed by atoms with van der Waals surface area (Å²) < 4.78 is 0. The molecule has 9 heteroatoms. The van der Waals surface area contributed by atoms with E-state index in [1.165, 1.54) is 6.33 Å². The normalized spacial score (nSPS) is 10.7. The van der Waals surface area contributed by atoms with Gasteiger partial charge in [0, 0.05) is 49.2 Å². The highest BCUT2D eigenvalue weighted by molar-refractivity contribution is 6.06. The van der Waals surface area contributed by atoms with Gasteiger partial charge in [-0.25, -0.2) is 19.9 Å². The number of hydrogen-bond donors (Lipinski definition) is 3. The van der Waals surface area contributed by atoms with Gasteiger partial charge in [0.05, 0.1) is 16.8 Å². The molecule has 0 aliphatic heterocycles. The predicted molar refractivity (Wildman–Crippen MR) is 115 cm³/mol. The number of anilines is 2. The van der Waals surface area contributed by atoms with Gasteiger partial charge in [-0.1, -0.05) is 18.2 Å². The second-order valence-electron chi connectivity index (χ2n) is 6.55.